The zero-order chi connectivity index (χ0) is 20.8. The molecule has 8 heteroatoms. The predicted molar refractivity (Wildman–Crippen MR) is 118 cm³/mol. The van der Waals surface area contributed by atoms with Crippen molar-refractivity contribution < 1.29 is 4.74 Å². The van der Waals surface area contributed by atoms with Crippen molar-refractivity contribution in [2.24, 2.45) is 5.73 Å². The molecule has 5 rings (SSSR count). The fraction of sp³-hybridized carbons (Fsp3) is 0.0455. The molecule has 0 amide bonds. The Kier molecular flexibility index (Phi) is 3.92. The predicted octanol–water partition coefficient (Wildman–Crippen LogP) is 3.25. The zero-order valence-corrected chi connectivity index (χ0v) is 16.2. The molecule has 0 bridgehead atoms. The van der Waals surface area contributed by atoms with Gasteiger partial charge in [0, 0.05) is 16.7 Å². The van der Waals surface area contributed by atoms with E-state index in [1.54, 1.807) is 17.9 Å². The molecule has 5 aromatic rings. The SMILES string of the molecule is COc1ccc(-c2nc3ccc(-c4nc5ccc(C(=N)N)cc5[nH]4)cc3n2N)cc1. The van der Waals surface area contributed by atoms with Crippen molar-refractivity contribution in [3.63, 3.8) is 0 Å². The molecule has 0 fully saturated rings. The topological polar surface area (TPSA) is 132 Å². The van der Waals surface area contributed by atoms with Gasteiger partial charge >= 0.3 is 0 Å². The van der Waals surface area contributed by atoms with Gasteiger partial charge in [-0.15, -0.1) is 0 Å². The number of benzene rings is 3. The van der Waals surface area contributed by atoms with E-state index in [0.29, 0.717) is 17.2 Å². The Morgan fingerprint density at radius 3 is 2.43 bits per heavy atom. The molecule has 0 saturated heterocycles. The largest absolute Gasteiger partial charge is 0.497 e. The Morgan fingerprint density at radius 2 is 1.70 bits per heavy atom. The van der Waals surface area contributed by atoms with E-state index in [9.17, 15) is 0 Å². The number of nitrogens with zero attached hydrogens (tertiary/aromatic N) is 3. The van der Waals surface area contributed by atoms with Gasteiger partial charge in [-0.25, -0.2) is 14.6 Å². The number of ether oxygens (including phenoxy) is 1. The first kappa shape index (κ1) is 17.7. The highest BCUT2D eigenvalue weighted by Crippen LogP contribution is 2.28. The van der Waals surface area contributed by atoms with E-state index < -0.39 is 0 Å². The highest BCUT2D eigenvalue weighted by atomic mass is 16.5. The Bertz CT molecular complexity index is 1410. The van der Waals surface area contributed by atoms with Gasteiger partial charge in [-0.3, -0.25) is 5.41 Å². The number of imidazole rings is 2. The summed E-state index contributed by atoms with van der Waals surface area (Å²) in [6.45, 7) is 0. The molecule has 2 aromatic heterocycles. The van der Waals surface area contributed by atoms with Crippen LogP contribution in [0.4, 0.5) is 0 Å². The molecule has 148 valence electrons. The van der Waals surface area contributed by atoms with Crippen LogP contribution >= 0.6 is 0 Å². The number of rotatable bonds is 4. The van der Waals surface area contributed by atoms with Crippen molar-refractivity contribution in [2.45, 2.75) is 0 Å². The lowest BCUT2D eigenvalue weighted by atomic mass is 10.2. The molecule has 6 N–H and O–H groups in total. The maximum Gasteiger partial charge on any atom is 0.159 e. The van der Waals surface area contributed by atoms with Gasteiger partial charge in [0.1, 0.15) is 17.4 Å². The smallest absolute Gasteiger partial charge is 0.159 e. The van der Waals surface area contributed by atoms with Gasteiger partial charge < -0.3 is 21.3 Å². The number of methoxy groups -OCH3 is 1. The van der Waals surface area contributed by atoms with Gasteiger partial charge in [0.25, 0.3) is 0 Å². The minimum absolute atomic E-state index is 0.0209. The molecule has 0 spiro atoms. The van der Waals surface area contributed by atoms with Crippen LogP contribution in [0, 0.1) is 5.41 Å². The van der Waals surface area contributed by atoms with E-state index in [1.165, 1.54) is 0 Å². The maximum atomic E-state index is 7.60. The van der Waals surface area contributed by atoms with Crippen LogP contribution in [0.25, 0.3) is 44.8 Å². The third-order valence-corrected chi connectivity index (χ3v) is 5.10. The summed E-state index contributed by atoms with van der Waals surface area (Å²) in [7, 11) is 1.63. The van der Waals surface area contributed by atoms with Crippen LogP contribution in [-0.2, 0) is 0 Å². The first-order valence-corrected chi connectivity index (χ1v) is 9.30. The van der Waals surface area contributed by atoms with Crippen LogP contribution in [0.15, 0.2) is 60.7 Å². The number of hydrogen-bond acceptors (Lipinski definition) is 5. The Morgan fingerprint density at radius 1 is 0.967 bits per heavy atom. The fourth-order valence-corrected chi connectivity index (χ4v) is 3.50. The summed E-state index contributed by atoms with van der Waals surface area (Å²) in [6, 6.07) is 18.9. The summed E-state index contributed by atoms with van der Waals surface area (Å²) in [4.78, 5) is 12.6. The van der Waals surface area contributed by atoms with E-state index >= 15 is 0 Å². The van der Waals surface area contributed by atoms with Crippen LogP contribution in [0.1, 0.15) is 5.56 Å². The third-order valence-electron chi connectivity index (χ3n) is 5.10. The van der Waals surface area contributed by atoms with Crippen LogP contribution in [0.5, 0.6) is 5.75 Å². The molecule has 8 nitrogen and oxygen atoms in total. The van der Waals surface area contributed by atoms with E-state index in [-0.39, 0.29) is 5.84 Å². The summed E-state index contributed by atoms with van der Waals surface area (Å²) < 4.78 is 6.80. The highest BCUT2D eigenvalue weighted by molar-refractivity contribution is 5.98. The lowest BCUT2D eigenvalue weighted by Crippen LogP contribution is -2.10. The molecule has 0 aliphatic heterocycles. The lowest BCUT2D eigenvalue weighted by molar-refractivity contribution is 0.415. The van der Waals surface area contributed by atoms with E-state index in [0.717, 1.165) is 38.9 Å². The van der Waals surface area contributed by atoms with Crippen LogP contribution < -0.4 is 16.3 Å². The summed E-state index contributed by atoms with van der Waals surface area (Å²) in [5.74, 6) is 8.54. The number of amidine groups is 1. The zero-order valence-electron chi connectivity index (χ0n) is 16.2. The van der Waals surface area contributed by atoms with Crippen molar-refractivity contribution in [3.8, 4) is 28.5 Å². The Hall–Kier alpha value is -4.33. The number of aromatic nitrogens is 4. The number of H-pyrrole nitrogens is 1. The minimum atomic E-state index is 0.0209. The molecule has 0 saturated carbocycles. The van der Waals surface area contributed by atoms with Crippen molar-refractivity contribution in [1.82, 2.24) is 19.6 Å². The van der Waals surface area contributed by atoms with Gasteiger partial charge in [0.2, 0.25) is 0 Å². The summed E-state index contributed by atoms with van der Waals surface area (Å²) in [5.41, 5.74) is 11.2. The maximum absolute atomic E-state index is 7.60. The molecule has 0 aliphatic carbocycles. The summed E-state index contributed by atoms with van der Waals surface area (Å²) >= 11 is 0. The molecule has 3 aromatic carbocycles. The van der Waals surface area contributed by atoms with Crippen LogP contribution in [-0.4, -0.2) is 32.6 Å². The standard InChI is InChI=1S/C22H19N7O/c1-30-15-6-2-12(3-7-15)22-28-17-9-5-14(11-19(17)29(22)25)21-26-16-8-4-13(20(23)24)10-18(16)27-21/h2-11H,25H2,1H3,(H3,23,24)(H,26,27). The van der Waals surface area contributed by atoms with Crippen LogP contribution in [0.2, 0.25) is 0 Å². The molecular formula is C22H19N7O. The molecule has 30 heavy (non-hydrogen) atoms. The Balaban J connectivity index is 1.58. The monoisotopic (exact) mass is 397 g/mol. The molecule has 0 unspecified atom stereocenters. The molecule has 2 heterocycles. The van der Waals surface area contributed by atoms with Gasteiger partial charge in [0.05, 0.1) is 29.2 Å². The average Bonchev–Trinajstić information content (AvgIpc) is 3.34. The normalized spacial score (nSPS) is 11.2. The number of fused-ring (bicyclic) bond motifs is 2. The number of nitrogen functional groups attached to an aromatic ring is 2. The summed E-state index contributed by atoms with van der Waals surface area (Å²) in [6.07, 6.45) is 0. The number of nitrogens with two attached hydrogens (primary N) is 2. The number of hydrogen-bond donors (Lipinski definition) is 4. The van der Waals surface area contributed by atoms with Gasteiger partial charge in [-0.05, 0) is 60.7 Å². The highest BCUT2D eigenvalue weighted by Gasteiger charge is 2.14. The van der Waals surface area contributed by atoms with Crippen molar-refractivity contribution in [3.05, 3.63) is 66.2 Å². The molecule has 0 aliphatic rings. The van der Waals surface area contributed by atoms with Gasteiger partial charge in [-0.1, -0.05) is 0 Å². The fourth-order valence-electron chi connectivity index (χ4n) is 3.50. The average molecular weight is 397 g/mol. The Labute approximate surface area is 171 Å². The quantitative estimate of drug-likeness (QED) is 0.210. The van der Waals surface area contributed by atoms with Crippen molar-refractivity contribution in [1.29, 1.82) is 5.41 Å². The van der Waals surface area contributed by atoms with Gasteiger partial charge in [-0.2, -0.15) is 0 Å². The third kappa shape index (κ3) is 2.82. The van der Waals surface area contributed by atoms with Crippen molar-refractivity contribution in [2.75, 3.05) is 13.0 Å². The molecule has 0 radical (unpaired) electrons. The second-order valence-electron chi connectivity index (χ2n) is 6.97. The first-order chi connectivity index (χ1) is 14.5. The first-order valence-electron chi connectivity index (χ1n) is 9.30. The number of nitrogens with one attached hydrogen (secondary N) is 2. The van der Waals surface area contributed by atoms with E-state index in [4.69, 9.17) is 21.7 Å². The second kappa shape index (κ2) is 6.63. The molecular weight excluding hydrogens is 378 g/mol. The van der Waals surface area contributed by atoms with E-state index in [2.05, 4.69) is 15.0 Å². The second-order valence-corrected chi connectivity index (χ2v) is 6.97. The lowest BCUT2D eigenvalue weighted by Gasteiger charge is -2.04. The molecule has 0 atom stereocenters. The summed E-state index contributed by atoms with van der Waals surface area (Å²) in [5, 5.41) is 7.60. The van der Waals surface area contributed by atoms with Crippen molar-refractivity contribution >= 4 is 27.9 Å². The van der Waals surface area contributed by atoms with Crippen LogP contribution in [0.3, 0.4) is 0 Å². The number of aromatic amines is 1. The van der Waals surface area contributed by atoms with Gasteiger partial charge in [0.15, 0.2) is 5.82 Å². The minimum Gasteiger partial charge on any atom is -0.497 e. The van der Waals surface area contributed by atoms with E-state index in [1.807, 2.05) is 54.6 Å².